The zero-order chi connectivity index (χ0) is 11.7. The molecule has 0 rings (SSSR count). The summed E-state index contributed by atoms with van der Waals surface area (Å²) in [5.41, 5.74) is 0. The summed E-state index contributed by atoms with van der Waals surface area (Å²) in [6.07, 6.45) is 1.69. The molecule has 0 bridgehead atoms. The maximum atomic E-state index is 11.2. The number of unbranched alkanes of at least 4 members (excludes halogenated alkanes) is 1. The number of carbonyl (C=O) groups is 2. The maximum absolute atomic E-state index is 11.2. The van der Waals surface area contributed by atoms with E-state index in [1.165, 1.54) is 7.05 Å². The predicted octanol–water partition coefficient (Wildman–Crippen LogP) is 0.139. The molecule has 0 aromatic heterocycles. The molecule has 0 heterocycles. The Balaban J connectivity index is 3.51. The van der Waals surface area contributed by atoms with Gasteiger partial charge < -0.3 is 20.1 Å². The Morgan fingerprint density at radius 2 is 2.07 bits per heavy atom. The van der Waals surface area contributed by atoms with Crippen LogP contribution in [0.3, 0.4) is 0 Å². The van der Waals surface area contributed by atoms with Crippen molar-refractivity contribution in [1.82, 2.24) is 10.2 Å². The number of hydrogen-bond acceptors (Lipinski definition) is 3. The van der Waals surface area contributed by atoms with Gasteiger partial charge in [0, 0.05) is 27.3 Å². The molecule has 0 aliphatic carbocycles. The van der Waals surface area contributed by atoms with E-state index in [0.717, 1.165) is 17.7 Å². The standard InChI is InChI=1S/C9H18N2O4/c1-11(7-8(12)13)9(14)10-5-3-4-6-15-2/h3-7H2,1-2H3,(H,10,14)(H,12,13). The second kappa shape index (κ2) is 8.05. The number of methoxy groups -OCH3 is 1. The van der Waals surface area contributed by atoms with Gasteiger partial charge in [-0.05, 0) is 12.8 Å². The minimum atomic E-state index is -1.02. The molecular weight excluding hydrogens is 200 g/mol. The van der Waals surface area contributed by atoms with E-state index in [1.54, 1.807) is 7.11 Å². The lowest BCUT2D eigenvalue weighted by Crippen LogP contribution is -2.40. The number of ether oxygens (including phenoxy) is 1. The first-order valence-corrected chi connectivity index (χ1v) is 4.77. The number of rotatable bonds is 7. The van der Waals surface area contributed by atoms with Crippen molar-refractivity contribution in [2.75, 3.05) is 33.9 Å². The van der Waals surface area contributed by atoms with E-state index in [-0.39, 0.29) is 12.6 Å². The van der Waals surface area contributed by atoms with Gasteiger partial charge in [-0.25, -0.2) is 4.79 Å². The summed E-state index contributed by atoms with van der Waals surface area (Å²) in [5, 5.41) is 11.1. The van der Waals surface area contributed by atoms with Gasteiger partial charge in [-0.15, -0.1) is 0 Å². The van der Waals surface area contributed by atoms with E-state index in [2.05, 4.69) is 5.32 Å². The molecule has 88 valence electrons. The van der Waals surface area contributed by atoms with Crippen molar-refractivity contribution in [3.05, 3.63) is 0 Å². The lowest BCUT2D eigenvalue weighted by atomic mass is 10.3. The summed E-state index contributed by atoms with van der Waals surface area (Å²) in [5.74, 6) is -1.02. The summed E-state index contributed by atoms with van der Waals surface area (Å²) >= 11 is 0. The van der Waals surface area contributed by atoms with Crippen molar-refractivity contribution < 1.29 is 19.4 Å². The van der Waals surface area contributed by atoms with Crippen LogP contribution in [0.25, 0.3) is 0 Å². The summed E-state index contributed by atoms with van der Waals surface area (Å²) in [7, 11) is 3.07. The highest BCUT2D eigenvalue weighted by molar-refractivity contribution is 5.79. The van der Waals surface area contributed by atoms with Crippen molar-refractivity contribution in [3.63, 3.8) is 0 Å². The largest absolute Gasteiger partial charge is 0.480 e. The molecule has 0 aromatic rings. The van der Waals surface area contributed by atoms with E-state index >= 15 is 0 Å². The highest BCUT2D eigenvalue weighted by Gasteiger charge is 2.10. The zero-order valence-corrected chi connectivity index (χ0v) is 9.15. The average Bonchev–Trinajstić information content (AvgIpc) is 2.16. The Morgan fingerprint density at radius 3 is 2.60 bits per heavy atom. The van der Waals surface area contributed by atoms with Crippen molar-refractivity contribution in [2.24, 2.45) is 0 Å². The van der Waals surface area contributed by atoms with Crippen molar-refractivity contribution in [3.8, 4) is 0 Å². The smallest absolute Gasteiger partial charge is 0.323 e. The number of carbonyl (C=O) groups excluding carboxylic acids is 1. The van der Waals surface area contributed by atoms with Gasteiger partial charge in [-0.2, -0.15) is 0 Å². The number of hydrogen-bond donors (Lipinski definition) is 2. The molecule has 0 saturated carbocycles. The van der Waals surface area contributed by atoms with Gasteiger partial charge in [-0.3, -0.25) is 4.79 Å². The molecule has 6 nitrogen and oxygen atoms in total. The molecule has 0 aliphatic heterocycles. The first-order valence-electron chi connectivity index (χ1n) is 4.77. The van der Waals surface area contributed by atoms with Crippen LogP contribution in [0.2, 0.25) is 0 Å². The summed E-state index contributed by atoms with van der Waals surface area (Å²) in [4.78, 5) is 22.6. The van der Waals surface area contributed by atoms with Gasteiger partial charge in [0.05, 0.1) is 0 Å². The average molecular weight is 218 g/mol. The summed E-state index contributed by atoms with van der Waals surface area (Å²) < 4.78 is 4.85. The van der Waals surface area contributed by atoms with Gasteiger partial charge in [0.2, 0.25) is 0 Å². The third kappa shape index (κ3) is 7.75. The second-order valence-corrected chi connectivity index (χ2v) is 3.18. The molecule has 0 aliphatic rings. The molecule has 2 amide bonds. The molecule has 0 aromatic carbocycles. The minimum Gasteiger partial charge on any atom is -0.480 e. The fourth-order valence-electron chi connectivity index (χ4n) is 0.976. The third-order valence-corrected chi connectivity index (χ3v) is 1.77. The molecular formula is C9H18N2O4. The van der Waals surface area contributed by atoms with Gasteiger partial charge in [0.25, 0.3) is 0 Å². The molecule has 0 saturated heterocycles. The van der Waals surface area contributed by atoms with Crippen LogP contribution < -0.4 is 5.32 Å². The number of amides is 2. The van der Waals surface area contributed by atoms with Crippen LogP contribution in [-0.4, -0.2) is 55.9 Å². The molecule has 0 spiro atoms. The lowest BCUT2D eigenvalue weighted by molar-refractivity contribution is -0.137. The molecule has 0 unspecified atom stereocenters. The molecule has 0 radical (unpaired) electrons. The Hall–Kier alpha value is -1.30. The SMILES string of the molecule is COCCCCNC(=O)N(C)CC(=O)O. The Labute approximate surface area is 89.2 Å². The first-order chi connectivity index (χ1) is 7.07. The van der Waals surface area contributed by atoms with Crippen LogP contribution in [0.15, 0.2) is 0 Å². The predicted molar refractivity (Wildman–Crippen MR) is 54.8 cm³/mol. The van der Waals surface area contributed by atoms with Crippen molar-refractivity contribution >= 4 is 12.0 Å². The second-order valence-electron chi connectivity index (χ2n) is 3.18. The highest BCUT2D eigenvalue weighted by atomic mass is 16.5. The van der Waals surface area contributed by atoms with Gasteiger partial charge in [-0.1, -0.05) is 0 Å². The van der Waals surface area contributed by atoms with Crippen LogP contribution in [0.1, 0.15) is 12.8 Å². The van der Waals surface area contributed by atoms with E-state index in [1.807, 2.05) is 0 Å². The van der Waals surface area contributed by atoms with Gasteiger partial charge in [0.1, 0.15) is 6.54 Å². The minimum absolute atomic E-state index is 0.288. The fourth-order valence-corrected chi connectivity index (χ4v) is 0.976. The molecule has 0 fully saturated rings. The topological polar surface area (TPSA) is 78.9 Å². The third-order valence-electron chi connectivity index (χ3n) is 1.77. The highest BCUT2D eigenvalue weighted by Crippen LogP contribution is 1.89. The van der Waals surface area contributed by atoms with Crippen LogP contribution in [0.4, 0.5) is 4.79 Å². The van der Waals surface area contributed by atoms with Crippen molar-refractivity contribution in [1.29, 1.82) is 0 Å². The van der Waals surface area contributed by atoms with E-state index in [9.17, 15) is 9.59 Å². The monoisotopic (exact) mass is 218 g/mol. The van der Waals surface area contributed by atoms with Crippen LogP contribution in [0.5, 0.6) is 0 Å². The fraction of sp³-hybridized carbons (Fsp3) is 0.778. The van der Waals surface area contributed by atoms with Crippen LogP contribution >= 0.6 is 0 Å². The zero-order valence-electron chi connectivity index (χ0n) is 9.15. The number of carboxylic acids is 1. The van der Waals surface area contributed by atoms with Crippen LogP contribution in [-0.2, 0) is 9.53 Å². The normalized spacial score (nSPS) is 9.73. The molecule has 6 heteroatoms. The van der Waals surface area contributed by atoms with Crippen molar-refractivity contribution in [2.45, 2.75) is 12.8 Å². The quantitative estimate of drug-likeness (QED) is 0.596. The number of urea groups is 1. The number of carboxylic acid groups (broad SMARTS) is 1. The Kier molecular flexibility index (Phi) is 7.35. The number of likely N-dealkylation sites (N-methyl/N-ethyl adjacent to an activating group) is 1. The summed E-state index contributed by atoms with van der Waals surface area (Å²) in [6.45, 7) is 0.914. The number of nitrogens with zero attached hydrogens (tertiary/aromatic N) is 1. The van der Waals surface area contributed by atoms with E-state index < -0.39 is 5.97 Å². The van der Waals surface area contributed by atoms with Gasteiger partial charge >= 0.3 is 12.0 Å². The van der Waals surface area contributed by atoms with Crippen LogP contribution in [0, 0.1) is 0 Å². The molecule has 15 heavy (non-hydrogen) atoms. The number of nitrogens with one attached hydrogen (secondary N) is 1. The maximum Gasteiger partial charge on any atom is 0.323 e. The lowest BCUT2D eigenvalue weighted by Gasteiger charge is -2.15. The summed E-state index contributed by atoms with van der Waals surface area (Å²) in [6, 6.07) is -0.366. The van der Waals surface area contributed by atoms with E-state index in [0.29, 0.717) is 13.2 Å². The molecule has 0 atom stereocenters. The van der Waals surface area contributed by atoms with E-state index in [4.69, 9.17) is 9.84 Å². The molecule has 2 N–H and O–H groups in total. The first kappa shape index (κ1) is 13.7. The van der Waals surface area contributed by atoms with Gasteiger partial charge in [0.15, 0.2) is 0 Å². The number of aliphatic carboxylic acids is 1. The Morgan fingerprint density at radius 1 is 1.40 bits per heavy atom. The Bertz CT molecular complexity index is 208.